The van der Waals surface area contributed by atoms with Gasteiger partial charge in [-0.2, -0.15) is 5.10 Å². The highest BCUT2D eigenvalue weighted by Gasteiger charge is 2.30. The van der Waals surface area contributed by atoms with Crippen molar-refractivity contribution in [1.82, 2.24) is 14.7 Å². The fourth-order valence-electron chi connectivity index (χ4n) is 2.93. The minimum Gasteiger partial charge on any atom is -0.496 e. The molecule has 0 atom stereocenters. The molecule has 1 saturated heterocycles. The van der Waals surface area contributed by atoms with Crippen LogP contribution in [0.15, 0.2) is 29.2 Å². The maximum absolute atomic E-state index is 12.4. The Hall–Kier alpha value is -2.12. The topological polar surface area (TPSA) is 47.4 Å². The predicted octanol–water partition coefficient (Wildman–Crippen LogP) is 3.78. The Morgan fingerprint density at radius 2 is 2.08 bits per heavy atom. The van der Waals surface area contributed by atoms with Gasteiger partial charge in [0, 0.05) is 17.8 Å². The molecule has 0 unspecified atom stereocenters. The number of aromatic nitrogens is 2. The van der Waals surface area contributed by atoms with E-state index in [0.717, 1.165) is 28.3 Å². The first-order chi connectivity index (χ1) is 12.4. The second-order valence-electron chi connectivity index (χ2n) is 6.08. The van der Waals surface area contributed by atoms with E-state index >= 15 is 0 Å². The second kappa shape index (κ2) is 7.63. The first-order valence-corrected chi connectivity index (χ1v) is 9.58. The lowest BCUT2D eigenvalue weighted by atomic mass is 10.1. The Kier molecular flexibility index (Phi) is 5.48. The Balaban J connectivity index is 1.93. The van der Waals surface area contributed by atoms with Gasteiger partial charge in [0.2, 0.25) is 0 Å². The summed E-state index contributed by atoms with van der Waals surface area (Å²) >= 11 is 6.62. The Labute approximate surface area is 163 Å². The number of rotatable bonds is 5. The fraction of sp³-hybridized carbons (Fsp3) is 0.316. The summed E-state index contributed by atoms with van der Waals surface area (Å²) in [6.45, 7) is 7.14. The Morgan fingerprint density at radius 3 is 2.65 bits per heavy atom. The van der Waals surface area contributed by atoms with Crippen LogP contribution in [0.25, 0.3) is 6.08 Å². The van der Waals surface area contributed by atoms with Crippen LogP contribution in [0.2, 0.25) is 0 Å². The predicted molar refractivity (Wildman–Crippen MR) is 109 cm³/mol. The summed E-state index contributed by atoms with van der Waals surface area (Å²) in [4.78, 5) is 14.7. The summed E-state index contributed by atoms with van der Waals surface area (Å²) in [5.41, 5.74) is 4.04. The number of nitrogens with zero attached hydrogens (tertiary/aromatic N) is 3. The molecule has 2 heterocycles. The summed E-state index contributed by atoms with van der Waals surface area (Å²) < 4.78 is 8.06. The molecular formula is C19H21N3O2S2. The molecule has 136 valence electrons. The third kappa shape index (κ3) is 3.68. The van der Waals surface area contributed by atoms with Gasteiger partial charge in [-0.25, -0.2) is 0 Å². The SMILES string of the molecule is CCN1C(=O)C(=Cc2ccc(OC)c(Cn3nc(C)cc3C)c2)SC1=S. The third-order valence-electron chi connectivity index (χ3n) is 4.22. The van der Waals surface area contributed by atoms with E-state index in [4.69, 9.17) is 17.0 Å². The largest absolute Gasteiger partial charge is 0.496 e. The van der Waals surface area contributed by atoms with Crippen LogP contribution < -0.4 is 4.74 Å². The van der Waals surface area contributed by atoms with Gasteiger partial charge < -0.3 is 4.74 Å². The number of carbonyl (C=O) groups excluding carboxylic acids is 1. The minimum absolute atomic E-state index is 0.0292. The molecule has 0 saturated carbocycles. The van der Waals surface area contributed by atoms with E-state index in [-0.39, 0.29) is 5.91 Å². The zero-order valence-corrected chi connectivity index (χ0v) is 16.9. The quantitative estimate of drug-likeness (QED) is 0.577. The number of amides is 1. The molecule has 0 spiro atoms. The number of hydrogen-bond acceptors (Lipinski definition) is 5. The molecule has 5 nitrogen and oxygen atoms in total. The van der Waals surface area contributed by atoms with E-state index in [1.807, 2.05) is 55.8 Å². The smallest absolute Gasteiger partial charge is 0.266 e. The van der Waals surface area contributed by atoms with Crippen molar-refractivity contribution >= 4 is 40.3 Å². The lowest BCUT2D eigenvalue weighted by Crippen LogP contribution is -2.27. The highest BCUT2D eigenvalue weighted by atomic mass is 32.2. The second-order valence-corrected chi connectivity index (χ2v) is 7.76. The van der Waals surface area contributed by atoms with Crippen molar-refractivity contribution in [3.63, 3.8) is 0 Å². The van der Waals surface area contributed by atoms with Crippen LogP contribution in [0.1, 0.15) is 29.4 Å². The summed E-state index contributed by atoms with van der Waals surface area (Å²) in [5.74, 6) is 0.772. The van der Waals surface area contributed by atoms with Crippen LogP contribution in [0.3, 0.4) is 0 Å². The molecule has 1 fully saturated rings. The van der Waals surface area contributed by atoms with Gasteiger partial charge in [-0.3, -0.25) is 14.4 Å². The molecular weight excluding hydrogens is 366 g/mol. The lowest BCUT2D eigenvalue weighted by molar-refractivity contribution is -0.121. The number of aryl methyl sites for hydroxylation is 2. The van der Waals surface area contributed by atoms with Gasteiger partial charge in [0.25, 0.3) is 5.91 Å². The number of methoxy groups -OCH3 is 1. The minimum atomic E-state index is -0.0292. The van der Waals surface area contributed by atoms with Crippen molar-refractivity contribution in [2.75, 3.05) is 13.7 Å². The molecule has 0 N–H and O–H groups in total. The van der Waals surface area contributed by atoms with Crippen molar-refractivity contribution in [3.8, 4) is 5.75 Å². The van der Waals surface area contributed by atoms with Crippen LogP contribution in [0.4, 0.5) is 0 Å². The highest BCUT2D eigenvalue weighted by Crippen LogP contribution is 2.33. The van der Waals surface area contributed by atoms with E-state index in [1.165, 1.54) is 11.8 Å². The first-order valence-electron chi connectivity index (χ1n) is 8.36. The monoisotopic (exact) mass is 387 g/mol. The molecule has 0 aliphatic carbocycles. The van der Waals surface area contributed by atoms with Crippen LogP contribution in [-0.2, 0) is 11.3 Å². The molecule has 26 heavy (non-hydrogen) atoms. The van der Waals surface area contributed by atoms with E-state index in [0.29, 0.717) is 22.3 Å². The molecule has 1 amide bonds. The van der Waals surface area contributed by atoms with Gasteiger partial charge in [0.05, 0.1) is 24.3 Å². The molecule has 0 radical (unpaired) electrons. The molecule has 1 aliphatic heterocycles. The molecule has 3 rings (SSSR count). The third-order valence-corrected chi connectivity index (χ3v) is 5.59. The summed E-state index contributed by atoms with van der Waals surface area (Å²) in [6.07, 6.45) is 1.89. The zero-order chi connectivity index (χ0) is 18.8. The van der Waals surface area contributed by atoms with Gasteiger partial charge in [-0.1, -0.05) is 30.0 Å². The molecule has 7 heteroatoms. The Bertz CT molecular complexity index is 902. The molecule has 0 bridgehead atoms. The van der Waals surface area contributed by atoms with E-state index < -0.39 is 0 Å². The van der Waals surface area contributed by atoms with Crippen LogP contribution in [0, 0.1) is 13.8 Å². The van der Waals surface area contributed by atoms with Crippen LogP contribution in [0.5, 0.6) is 5.75 Å². The molecule has 1 aliphatic rings. The van der Waals surface area contributed by atoms with Crippen molar-refractivity contribution in [1.29, 1.82) is 0 Å². The van der Waals surface area contributed by atoms with Crippen molar-refractivity contribution < 1.29 is 9.53 Å². The number of likely N-dealkylation sites (N-methyl/N-ethyl adjacent to an activating group) is 1. The van der Waals surface area contributed by atoms with Gasteiger partial charge in [0.15, 0.2) is 0 Å². The van der Waals surface area contributed by atoms with Crippen LogP contribution >= 0.6 is 24.0 Å². The molecule has 1 aromatic heterocycles. The molecule has 1 aromatic carbocycles. The molecule has 2 aromatic rings. The lowest BCUT2D eigenvalue weighted by Gasteiger charge is -2.11. The van der Waals surface area contributed by atoms with Crippen molar-refractivity contribution in [2.45, 2.75) is 27.3 Å². The highest BCUT2D eigenvalue weighted by molar-refractivity contribution is 8.26. The first kappa shape index (κ1) is 18.7. The number of carbonyl (C=O) groups is 1. The standard InChI is InChI=1S/C19H21N3O2S2/c1-5-21-18(23)17(26-19(21)25)10-14-6-7-16(24-4)15(9-14)11-22-13(3)8-12(2)20-22/h6-10H,5,11H2,1-4H3. The van der Waals surface area contributed by atoms with Gasteiger partial charge in [0.1, 0.15) is 10.1 Å². The number of benzene rings is 1. The maximum atomic E-state index is 12.4. The average Bonchev–Trinajstić information content (AvgIpc) is 3.05. The normalized spacial score (nSPS) is 16.0. The number of thiocarbonyl (C=S) groups is 1. The zero-order valence-electron chi connectivity index (χ0n) is 15.3. The Morgan fingerprint density at radius 1 is 1.31 bits per heavy atom. The number of hydrogen-bond donors (Lipinski definition) is 0. The van der Waals surface area contributed by atoms with Crippen molar-refractivity contribution in [3.05, 3.63) is 51.7 Å². The number of ether oxygens (including phenoxy) is 1. The van der Waals surface area contributed by atoms with E-state index in [2.05, 4.69) is 5.10 Å². The van der Waals surface area contributed by atoms with Gasteiger partial charge in [-0.15, -0.1) is 0 Å². The van der Waals surface area contributed by atoms with Gasteiger partial charge in [-0.05, 0) is 50.6 Å². The van der Waals surface area contributed by atoms with E-state index in [1.54, 1.807) is 12.0 Å². The average molecular weight is 388 g/mol. The van der Waals surface area contributed by atoms with E-state index in [9.17, 15) is 4.79 Å². The van der Waals surface area contributed by atoms with Crippen molar-refractivity contribution in [2.24, 2.45) is 0 Å². The fourth-order valence-corrected chi connectivity index (χ4v) is 4.32. The number of thioether (sulfide) groups is 1. The van der Waals surface area contributed by atoms with Crippen LogP contribution in [-0.4, -0.2) is 38.6 Å². The summed E-state index contributed by atoms with van der Waals surface area (Å²) in [5, 5.41) is 4.52. The summed E-state index contributed by atoms with van der Waals surface area (Å²) in [6, 6.07) is 7.95. The summed E-state index contributed by atoms with van der Waals surface area (Å²) in [7, 11) is 1.66. The maximum Gasteiger partial charge on any atom is 0.266 e. The van der Waals surface area contributed by atoms with Gasteiger partial charge >= 0.3 is 0 Å².